The van der Waals surface area contributed by atoms with E-state index in [-0.39, 0.29) is 0 Å². The number of nitrogens with zero attached hydrogens (tertiary/aromatic N) is 1. The summed E-state index contributed by atoms with van der Waals surface area (Å²) in [6, 6.07) is 9.27. The van der Waals surface area contributed by atoms with E-state index >= 15 is 0 Å². The summed E-state index contributed by atoms with van der Waals surface area (Å²) in [6.07, 6.45) is 2.66. The number of ether oxygens (including phenoxy) is 1. The van der Waals surface area contributed by atoms with E-state index in [0.717, 1.165) is 19.0 Å². The fraction of sp³-hybridized carbons (Fsp3) is 0.462. The monoisotopic (exact) mass is 216 g/mol. The molecule has 16 heavy (non-hydrogen) atoms. The normalized spacial score (nSPS) is 19.1. The zero-order valence-corrected chi connectivity index (χ0v) is 9.28. The van der Waals surface area contributed by atoms with Gasteiger partial charge in [0.1, 0.15) is 6.61 Å². The Labute approximate surface area is 95.5 Å². The Kier molecular flexibility index (Phi) is 2.52. The second-order valence-electron chi connectivity index (χ2n) is 4.38. The fourth-order valence-corrected chi connectivity index (χ4v) is 2.08. The van der Waals surface area contributed by atoms with Gasteiger partial charge in [0.05, 0.1) is 6.54 Å². The average molecular weight is 216 g/mol. The molecular weight excluding hydrogens is 200 g/mol. The quantitative estimate of drug-likeness (QED) is 0.838. The van der Waals surface area contributed by atoms with Gasteiger partial charge in [0, 0.05) is 6.54 Å². The number of aliphatic imine (C=N–C) groups is 1. The molecule has 0 saturated heterocycles. The predicted molar refractivity (Wildman–Crippen MR) is 63.5 cm³/mol. The first-order valence-corrected chi connectivity index (χ1v) is 5.92. The minimum absolute atomic E-state index is 0.637. The lowest BCUT2D eigenvalue weighted by Gasteiger charge is -2.10. The van der Waals surface area contributed by atoms with Crippen LogP contribution in [0.1, 0.15) is 29.9 Å². The van der Waals surface area contributed by atoms with Crippen molar-refractivity contribution in [2.24, 2.45) is 4.99 Å². The van der Waals surface area contributed by atoms with Crippen molar-refractivity contribution >= 4 is 6.02 Å². The molecule has 1 aromatic rings. The van der Waals surface area contributed by atoms with Crippen LogP contribution in [0.3, 0.4) is 0 Å². The summed E-state index contributed by atoms with van der Waals surface area (Å²) in [6.45, 7) is 2.37. The fourth-order valence-electron chi connectivity index (χ4n) is 2.08. The van der Waals surface area contributed by atoms with Crippen LogP contribution in [0.25, 0.3) is 0 Å². The van der Waals surface area contributed by atoms with E-state index in [1.54, 1.807) is 0 Å². The van der Waals surface area contributed by atoms with Crippen LogP contribution in [0.2, 0.25) is 0 Å². The summed E-state index contributed by atoms with van der Waals surface area (Å²) in [7, 11) is 0. The van der Waals surface area contributed by atoms with E-state index in [1.165, 1.54) is 24.0 Å². The minimum atomic E-state index is 0.637. The van der Waals surface area contributed by atoms with Gasteiger partial charge in [-0.2, -0.15) is 0 Å². The summed E-state index contributed by atoms with van der Waals surface area (Å²) < 4.78 is 5.65. The molecule has 1 saturated carbocycles. The molecule has 2 aliphatic rings. The van der Waals surface area contributed by atoms with E-state index in [2.05, 4.69) is 34.6 Å². The number of amidine groups is 1. The molecule has 3 heteroatoms. The molecule has 0 amide bonds. The molecule has 1 heterocycles. The molecule has 3 nitrogen and oxygen atoms in total. The standard InChI is InChI=1S/C13H16N2O/c1-2-4-12(10-5-6-10)11(3-1)9-16-13-14-7-8-15-13/h1-4,10H,5-9H2,(H,14,15). The van der Waals surface area contributed by atoms with Crippen molar-refractivity contribution in [2.45, 2.75) is 25.4 Å². The smallest absolute Gasteiger partial charge is 0.285 e. The van der Waals surface area contributed by atoms with Crippen LogP contribution in [0.5, 0.6) is 0 Å². The second-order valence-corrected chi connectivity index (χ2v) is 4.38. The van der Waals surface area contributed by atoms with Crippen molar-refractivity contribution in [3.63, 3.8) is 0 Å². The van der Waals surface area contributed by atoms with Crippen LogP contribution >= 0.6 is 0 Å². The number of benzene rings is 1. The van der Waals surface area contributed by atoms with Crippen molar-refractivity contribution in [1.29, 1.82) is 0 Å². The first-order valence-electron chi connectivity index (χ1n) is 5.92. The largest absolute Gasteiger partial charge is 0.460 e. The zero-order valence-electron chi connectivity index (χ0n) is 9.28. The van der Waals surface area contributed by atoms with Gasteiger partial charge in [-0.25, -0.2) is 4.99 Å². The maximum absolute atomic E-state index is 5.65. The molecular formula is C13H16N2O. The highest BCUT2D eigenvalue weighted by Crippen LogP contribution is 2.41. The van der Waals surface area contributed by atoms with Crippen molar-refractivity contribution in [3.05, 3.63) is 35.4 Å². The summed E-state index contributed by atoms with van der Waals surface area (Å²) in [5, 5.41) is 3.12. The van der Waals surface area contributed by atoms with Crippen molar-refractivity contribution < 1.29 is 4.74 Å². The summed E-state index contributed by atoms with van der Waals surface area (Å²) >= 11 is 0. The Hall–Kier alpha value is -1.51. The van der Waals surface area contributed by atoms with Gasteiger partial charge in [0.15, 0.2) is 0 Å². The molecule has 0 bridgehead atoms. The molecule has 0 spiro atoms. The highest BCUT2D eigenvalue weighted by molar-refractivity contribution is 5.75. The maximum atomic E-state index is 5.65. The van der Waals surface area contributed by atoms with Gasteiger partial charge in [-0.15, -0.1) is 0 Å². The van der Waals surface area contributed by atoms with Gasteiger partial charge in [-0.05, 0) is 29.9 Å². The third kappa shape index (κ3) is 2.03. The lowest BCUT2D eigenvalue weighted by molar-refractivity contribution is 0.280. The van der Waals surface area contributed by atoms with Crippen LogP contribution in [-0.2, 0) is 11.3 Å². The van der Waals surface area contributed by atoms with E-state index in [9.17, 15) is 0 Å². The lowest BCUT2D eigenvalue weighted by Crippen LogP contribution is -2.21. The van der Waals surface area contributed by atoms with Crippen LogP contribution < -0.4 is 5.32 Å². The molecule has 84 valence electrons. The van der Waals surface area contributed by atoms with Gasteiger partial charge in [-0.3, -0.25) is 0 Å². The Morgan fingerprint density at radius 3 is 2.94 bits per heavy atom. The first-order chi connectivity index (χ1) is 7.93. The minimum Gasteiger partial charge on any atom is -0.460 e. The van der Waals surface area contributed by atoms with Gasteiger partial charge < -0.3 is 10.1 Å². The summed E-state index contributed by atoms with van der Waals surface area (Å²) in [5.41, 5.74) is 2.77. The predicted octanol–water partition coefficient (Wildman–Crippen LogP) is 2.04. The molecule has 0 radical (unpaired) electrons. The average Bonchev–Trinajstić information content (AvgIpc) is 3.04. The number of hydrogen-bond acceptors (Lipinski definition) is 3. The summed E-state index contributed by atoms with van der Waals surface area (Å²) in [4.78, 5) is 4.22. The molecule has 1 aliphatic carbocycles. The van der Waals surface area contributed by atoms with Crippen molar-refractivity contribution in [2.75, 3.05) is 13.1 Å². The third-order valence-electron chi connectivity index (χ3n) is 3.08. The van der Waals surface area contributed by atoms with E-state index < -0.39 is 0 Å². The lowest BCUT2D eigenvalue weighted by atomic mass is 10.0. The van der Waals surface area contributed by atoms with Gasteiger partial charge in [-0.1, -0.05) is 24.3 Å². The van der Waals surface area contributed by atoms with Crippen LogP contribution in [-0.4, -0.2) is 19.1 Å². The molecule has 0 unspecified atom stereocenters. The van der Waals surface area contributed by atoms with E-state index in [4.69, 9.17) is 4.74 Å². The number of hydrogen-bond donors (Lipinski definition) is 1. The molecule has 1 fully saturated rings. The summed E-state index contributed by atoms with van der Waals surface area (Å²) in [5.74, 6) is 0.776. The maximum Gasteiger partial charge on any atom is 0.285 e. The number of nitrogens with one attached hydrogen (secondary N) is 1. The molecule has 0 atom stereocenters. The Bertz CT molecular complexity index is 410. The zero-order chi connectivity index (χ0) is 10.8. The highest BCUT2D eigenvalue weighted by atomic mass is 16.5. The highest BCUT2D eigenvalue weighted by Gasteiger charge is 2.25. The van der Waals surface area contributed by atoms with Gasteiger partial charge in [0.2, 0.25) is 0 Å². The molecule has 1 aromatic carbocycles. The molecule has 3 rings (SSSR count). The van der Waals surface area contributed by atoms with E-state index in [1.807, 2.05) is 0 Å². The van der Waals surface area contributed by atoms with E-state index in [0.29, 0.717) is 12.6 Å². The SMILES string of the molecule is c1ccc(C2CC2)c(COC2=NCCN2)c1. The van der Waals surface area contributed by atoms with Gasteiger partial charge in [0.25, 0.3) is 6.02 Å². The second kappa shape index (κ2) is 4.16. The van der Waals surface area contributed by atoms with Crippen molar-refractivity contribution in [1.82, 2.24) is 5.32 Å². The van der Waals surface area contributed by atoms with Gasteiger partial charge >= 0.3 is 0 Å². The Morgan fingerprint density at radius 2 is 2.19 bits per heavy atom. The van der Waals surface area contributed by atoms with Crippen LogP contribution in [0.4, 0.5) is 0 Å². The number of rotatable bonds is 3. The van der Waals surface area contributed by atoms with Crippen LogP contribution in [0.15, 0.2) is 29.3 Å². The molecule has 0 aromatic heterocycles. The Morgan fingerprint density at radius 1 is 1.31 bits per heavy atom. The third-order valence-corrected chi connectivity index (χ3v) is 3.08. The van der Waals surface area contributed by atoms with Crippen LogP contribution in [0, 0.1) is 0 Å². The Balaban J connectivity index is 1.68. The topological polar surface area (TPSA) is 33.6 Å². The molecule has 1 N–H and O–H groups in total. The first kappa shape index (κ1) is 9.70. The molecule has 1 aliphatic heterocycles. The van der Waals surface area contributed by atoms with Crippen molar-refractivity contribution in [3.8, 4) is 0 Å².